The van der Waals surface area contributed by atoms with Crippen molar-refractivity contribution in [3.63, 3.8) is 0 Å². The molecule has 3 aliphatic rings. The first kappa shape index (κ1) is 24.7. The van der Waals surface area contributed by atoms with Gasteiger partial charge in [-0.2, -0.15) is 18.3 Å². The van der Waals surface area contributed by atoms with Crippen LogP contribution in [0.4, 0.5) is 13.2 Å². The van der Waals surface area contributed by atoms with Crippen molar-refractivity contribution in [2.75, 3.05) is 13.2 Å². The third-order valence-corrected chi connectivity index (χ3v) is 8.42. The Bertz CT molecular complexity index is 1090. The minimum absolute atomic E-state index is 0.0153. The normalized spacial score (nSPS) is 28.2. The Morgan fingerprint density at radius 1 is 1.43 bits per heavy atom. The van der Waals surface area contributed by atoms with Crippen molar-refractivity contribution in [2.45, 2.75) is 81.8 Å². The molecule has 1 amide bonds. The zero-order valence-electron chi connectivity index (χ0n) is 19.3. The standard InChI is InChI=1S/C23H29F3N4O4S/c1-13-7-22(20-16(18(32)12-34-22)6-19(35-20)23(24,25)26)4-5-29(13)9-14-8-27-30(10-14)11-17(31)21(33)28-15-2-3-15/h6,8,10,13,15,17-18,31-32H,2-5,7,9,11-12H2,1H3,(H,28,33)/t13-,17-,18+,22+/m0/s1. The number of aliphatic hydroxyl groups excluding tert-OH is 2. The number of hydrogen-bond donors (Lipinski definition) is 3. The second kappa shape index (κ2) is 9.15. The van der Waals surface area contributed by atoms with Crippen molar-refractivity contribution < 1.29 is 32.9 Å². The average molecular weight is 515 g/mol. The molecule has 0 radical (unpaired) electrons. The summed E-state index contributed by atoms with van der Waals surface area (Å²) < 4.78 is 47.6. The summed E-state index contributed by atoms with van der Waals surface area (Å²) in [6.45, 7) is 3.25. The monoisotopic (exact) mass is 514 g/mol. The van der Waals surface area contributed by atoms with Crippen molar-refractivity contribution >= 4 is 17.2 Å². The van der Waals surface area contributed by atoms with Crippen LogP contribution >= 0.6 is 11.3 Å². The number of carbonyl (C=O) groups is 1. The lowest BCUT2D eigenvalue weighted by Crippen LogP contribution is -2.50. The number of nitrogens with one attached hydrogen (secondary N) is 1. The highest BCUT2D eigenvalue weighted by Gasteiger charge is 2.48. The van der Waals surface area contributed by atoms with E-state index in [1.165, 1.54) is 0 Å². The third kappa shape index (κ3) is 5.12. The van der Waals surface area contributed by atoms with E-state index in [4.69, 9.17) is 4.74 Å². The maximum atomic E-state index is 13.4. The number of rotatable bonds is 6. The SMILES string of the molecule is C[C@H]1C[C@@]2(CCN1Cc1cnn(C[C@H](O)C(=O)NC3CC3)c1)OC[C@@H](O)c1cc(C(F)(F)F)sc12. The van der Waals surface area contributed by atoms with Crippen molar-refractivity contribution in [1.29, 1.82) is 0 Å². The second-order valence-electron chi connectivity index (χ2n) is 9.86. The van der Waals surface area contributed by atoms with Gasteiger partial charge in [0.1, 0.15) is 16.6 Å². The second-order valence-corrected chi connectivity index (χ2v) is 10.9. The molecular weight excluding hydrogens is 485 g/mol. The molecule has 2 aromatic heterocycles. The van der Waals surface area contributed by atoms with Gasteiger partial charge in [0.15, 0.2) is 6.10 Å². The van der Waals surface area contributed by atoms with Crippen molar-refractivity contribution in [1.82, 2.24) is 20.0 Å². The van der Waals surface area contributed by atoms with Gasteiger partial charge in [0.05, 0.1) is 19.3 Å². The molecule has 1 saturated heterocycles. The molecule has 2 aromatic rings. The number of nitrogens with zero attached hydrogens (tertiary/aromatic N) is 3. The molecular formula is C23H29F3N4O4S. The van der Waals surface area contributed by atoms with Crippen LogP contribution in [-0.4, -0.2) is 62.1 Å². The number of fused-ring (bicyclic) bond motifs is 2. The van der Waals surface area contributed by atoms with Gasteiger partial charge in [-0.05, 0) is 38.7 Å². The lowest BCUT2D eigenvalue weighted by molar-refractivity contribution is -0.139. The van der Waals surface area contributed by atoms with E-state index in [0.717, 1.165) is 24.5 Å². The molecule has 2 fully saturated rings. The fraction of sp³-hybridized carbons (Fsp3) is 0.652. The summed E-state index contributed by atoms with van der Waals surface area (Å²) in [5.74, 6) is -0.390. The average Bonchev–Trinajstić information content (AvgIpc) is 3.29. The topological polar surface area (TPSA) is 99.9 Å². The maximum Gasteiger partial charge on any atom is 0.425 e. The predicted molar refractivity (Wildman–Crippen MR) is 120 cm³/mol. The summed E-state index contributed by atoms with van der Waals surface area (Å²) in [4.78, 5) is 14.0. The number of hydrogen-bond acceptors (Lipinski definition) is 7. The smallest absolute Gasteiger partial charge is 0.386 e. The minimum Gasteiger partial charge on any atom is -0.386 e. The number of halogens is 3. The number of alkyl halides is 3. The van der Waals surface area contributed by atoms with Crippen molar-refractivity contribution in [3.8, 4) is 0 Å². The summed E-state index contributed by atoms with van der Waals surface area (Å²) in [5.41, 5.74) is 0.417. The number of carbonyl (C=O) groups excluding carboxylic acids is 1. The molecule has 4 heterocycles. The lowest BCUT2D eigenvalue weighted by atomic mass is 9.81. The van der Waals surface area contributed by atoms with Gasteiger partial charge in [0, 0.05) is 47.4 Å². The van der Waals surface area contributed by atoms with Crippen LogP contribution in [0.15, 0.2) is 18.5 Å². The molecule has 5 rings (SSSR count). The zero-order valence-corrected chi connectivity index (χ0v) is 20.1. The van der Waals surface area contributed by atoms with E-state index in [-0.39, 0.29) is 25.2 Å². The number of amides is 1. The number of aromatic nitrogens is 2. The van der Waals surface area contributed by atoms with E-state index in [2.05, 4.69) is 15.3 Å². The fourth-order valence-electron chi connectivity index (χ4n) is 4.97. The summed E-state index contributed by atoms with van der Waals surface area (Å²) >= 11 is 0.679. The number of aliphatic hydroxyl groups is 2. The molecule has 0 unspecified atom stereocenters. The highest BCUT2D eigenvalue weighted by molar-refractivity contribution is 7.12. The molecule has 0 bridgehead atoms. The van der Waals surface area contributed by atoms with Gasteiger partial charge < -0.3 is 20.3 Å². The van der Waals surface area contributed by atoms with Crippen LogP contribution in [0.5, 0.6) is 0 Å². The van der Waals surface area contributed by atoms with Gasteiger partial charge in [-0.25, -0.2) is 0 Å². The van der Waals surface area contributed by atoms with Gasteiger partial charge in [-0.15, -0.1) is 11.3 Å². The Kier molecular flexibility index (Phi) is 6.45. The Labute approximate surface area is 204 Å². The van der Waals surface area contributed by atoms with E-state index in [9.17, 15) is 28.2 Å². The summed E-state index contributed by atoms with van der Waals surface area (Å²) in [6, 6.07) is 1.26. The number of ether oxygens (including phenoxy) is 1. The zero-order chi connectivity index (χ0) is 25.0. The quantitative estimate of drug-likeness (QED) is 0.548. The molecule has 35 heavy (non-hydrogen) atoms. The Morgan fingerprint density at radius 3 is 2.89 bits per heavy atom. The summed E-state index contributed by atoms with van der Waals surface area (Å²) in [5, 5.41) is 27.4. The van der Waals surface area contributed by atoms with Gasteiger partial charge in [0.25, 0.3) is 5.91 Å². The number of thiophene rings is 1. The summed E-state index contributed by atoms with van der Waals surface area (Å²) in [6.07, 6.45) is -0.260. The molecule has 1 saturated carbocycles. The van der Waals surface area contributed by atoms with Crippen LogP contribution in [0.1, 0.15) is 59.6 Å². The Morgan fingerprint density at radius 2 is 2.20 bits per heavy atom. The van der Waals surface area contributed by atoms with Crippen LogP contribution < -0.4 is 5.32 Å². The van der Waals surface area contributed by atoms with Crippen LogP contribution in [0, 0.1) is 0 Å². The first-order valence-corrected chi connectivity index (χ1v) is 12.6. The van der Waals surface area contributed by atoms with Gasteiger partial charge in [-0.1, -0.05) is 0 Å². The van der Waals surface area contributed by atoms with E-state index in [1.54, 1.807) is 17.1 Å². The fourth-order valence-corrected chi connectivity index (χ4v) is 6.24. The minimum atomic E-state index is -4.46. The molecule has 4 atom stereocenters. The highest BCUT2D eigenvalue weighted by Crippen LogP contribution is 2.51. The first-order chi connectivity index (χ1) is 16.5. The third-order valence-electron chi connectivity index (χ3n) is 7.04. The van der Waals surface area contributed by atoms with Crippen molar-refractivity contribution in [3.05, 3.63) is 39.3 Å². The summed E-state index contributed by atoms with van der Waals surface area (Å²) in [7, 11) is 0. The van der Waals surface area contributed by atoms with E-state index < -0.39 is 34.8 Å². The Hall–Kier alpha value is -1.99. The molecule has 12 heteroatoms. The molecule has 0 aromatic carbocycles. The predicted octanol–water partition coefficient (Wildman–Crippen LogP) is 2.55. The van der Waals surface area contributed by atoms with Crippen LogP contribution in [0.2, 0.25) is 0 Å². The van der Waals surface area contributed by atoms with Gasteiger partial charge in [0.2, 0.25) is 0 Å². The van der Waals surface area contributed by atoms with Crippen LogP contribution in [-0.2, 0) is 34.4 Å². The lowest BCUT2D eigenvalue weighted by Gasteiger charge is -2.47. The largest absolute Gasteiger partial charge is 0.425 e. The molecule has 1 spiro atoms. The molecule has 3 N–H and O–H groups in total. The van der Waals surface area contributed by atoms with E-state index in [1.807, 2.05) is 6.92 Å². The maximum absolute atomic E-state index is 13.4. The first-order valence-electron chi connectivity index (χ1n) is 11.8. The van der Waals surface area contributed by atoms with Gasteiger partial charge >= 0.3 is 6.18 Å². The number of likely N-dealkylation sites (tertiary alicyclic amines) is 1. The molecule has 2 aliphatic heterocycles. The molecule has 192 valence electrons. The van der Waals surface area contributed by atoms with E-state index in [0.29, 0.717) is 47.7 Å². The van der Waals surface area contributed by atoms with Crippen LogP contribution in [0.25, 0.3) is 0 Å². The highest BCUT2D eigenvalue weighted by atomic mass is 32.1. The Balaban J connectivity index is 1.23. The van der Waals surface area contributed by atoms with E-state index >= 15 is 0 Å². The molecule has 1 aliphatic carbocycles. The number of piperidine rings is 1. The van der Waals surface area contributed by atoms with Crippen LogP contribution in [0.3, 0.4) is 0 Å². The van der Waals surface area contributed by atoms with Crippen molar-refractivity contribution in [2.24, 2.45) is 0 Å². The molecule has 8 nitrogen and oxygen atoms in total. The van der Waals surface area contributed by atoms with Gasteiger partial charge in [-0.3, -0.25) is 14.4 Å².